The Morgan fingerprint density at radius 1 is 1.39 bits per heavy atom. The van der Waals surface area contributed by atoms with Crippen LogP contribution in [0.2, 0.25) is 5.02 Å². The fraction of sp³-hybridized carbons (Fsp3) is 0.312. The van der Waals surface area contributed by atoms with Gasteiger partial charge in [-0.1, -0.05) is 17.7 Å². The minimum absolute atomic E-state index is 0.0856. The van der Waals surface area contributed by atoms with Gasteiger partial charge in [-0.15, -0.1) is 0 Å². The normalized spacial score (nSPS) is 19.9. The molecular formula is C16H16ClN3O3. The van der Waals surface area contributed by atoms with Crippen LogP contribution in [0.3, 0.4) is 0 Å². The molecule has 1 aliphatic rings. The summed E-state index contributed by atoms with van der Waals surface area (Å²) in [6.07, 6.45) is 2.46. The maximum absolute atomic E-state index is 12.3. The van der Waals surface area contributed by atoms with Gasteiger partial charge in [0.15, 0.2) is 0 Å². The molecule has 1 heterocycles. The van der Waals surface area contributed by atoms with E-state index >= 15 is 0 Å². The van der Waals surface area contributed by atoms with Gasteiger partial charge < -0.3 is 10.4 Å². The number of carbonyl (C=O) groups excluding carboxylic acids is 1. The summed E-state index contributed by atoms with van der Waals surface area (Å²) in [5.74, 6) is -1.39. The lowest BCUT2D eigenvalue weighted by atomic mass is 9.80. The van der Waals surface area contributed by atoms with Crippen LogP contribution in [-0.2, 0) is 4.79 Å². The van der Waals surface area contributed by atoms with Crippen molar-refractivity contribution in [2.75, 3.05) is 0 Å². The lowest BCUT2D eigenvalue weighted by Crippen LogP contribution is -2.46. The number of carboxylic acids is 1. The highest BCUT2D eigenvalue weighted by molar-refractivity contribution is 6.30. The number of halogens is 1. The molecule has 1 fully saturated rings. The predicted molar refractivity (Wildman–Crippen MR) is 84.9 cm³/mol. The van der Waals surface area contributed by atoms with Crippen molar-refractivity contribution >= 4 is 23.5 Å². The summed E-state index contributed by atoms with van der Waals surface area (Å²) in [5, 5.41) is 16.6. The first kappa shape index (κ1) is 15.6. The molecule has 2 aromatic rings. The number of carboxylic acid groups (broad SMARTS) is 1. The minimum Gasteiger partial charge on any atom is -0.481 e. The van der Waals surface area contributed by atoms with Crippen molar-refractivity contribution in [2.24, 2.45) is 5.92 Å². The van der Waals surface area contributed by atoms with E-state index in [2.05, 4.69) is 10.4 Å². The standard InChI is InChI=1S/C16H16ClN3O3/c1-9-14(15(21)19-12-5-10(6-12)16(22)23)8-18-20(9)13-4-2-3-11(17)7-13/h2-4,7-8,10,12H,5-6H2,1H3,(H,19,21)(H,22,23). The average Bonchev–Trinajstić information content (AvgIpc) is 2.83. The molecule has 1 aliphatic carbocycles. The highest BCUT2D eigenvalue weighted by Crippen LogP contribution is 2.28. The zero-order chi connectivity index (χ0) is 16.6. The van der Waals surface area contributed by atoms with Gasteiger partial charge >= 0.3 is 5.97 Å². The second kappa shape index (κ2) is 6.04. The summed E-state index contributed by atoms with van der Waals surface area (Å²) in [7, 11) is 0. The number of carbonyl (C=O) groups is 2. The van der Waals surface area contributed by atoms with E-state index in [0.29, 0.717) is 29.1 Å². The molecular weight excluding hydrogens is 318 g/mol. The SMILES string of the molecule is Cc1c(C(=O)NC2CC(C(=O)O)C2)cnn1-c1cccc(Cl)c1. The second-order valence-corrected chi connectivity index (χ2v) is 6.15. The van der Waals surface area contributed by atoms with Gasteiger partial charge in [-0.2, -0.15) is 5.10 Å². The van der Waals surface area contributed by atoms with Crippen LogP contribution < -0.4 is 5.32 Å². The molecule has 0 saturated heterocycles. The van der Waals surface area contributed by atoms with E-state index in [0.717, 1.165) is 5.69 Å². The van der Waals surface area contributed by atoms with Crippen LogP contribution in [0.25, 0.3) is 5.69 Å². The van der Waals surface area contributed by atoms with Crippen LogP contribution in [-0.4, -0.2) is 32.8 Å². The highest BCUT2D eigenvalue weighted by Gasteiger charge is 2.35. The van der Waals surface area contributed by atoms with Gasteiger partial charge in [-0.05, 0) is 38.0 Å². The van der Waals surface area contributed by atoms with Crippen molar-refractivity contribution in [3.05, 3.63) is 46.7 Å². The Morgan fingerprint density at radius 3 is 2.78 bits per heavy atom. The molecule has 0 bridgehead atoms. The Balaban J connectivity index is 1.72. The summed E-state index contributed by atoms with van der Waals surface area (Å²) >= 11 is 5.98. The second-order valence-electron chi connectivity index (χ2n) is 5.71. The molecule has 23 heavy (non-hydrogen) atoms. The number of aliphatic carboxylic acids is 1. The topological polar surface area (TPSA) is 84.2 Å². The van der Waals surface area contributed by atoms with E-state index in [1.807, 2.05) is 19.1 Å². The fourth-order valence-electron chi connectivity index (χ4n) is 2.70. The molecule has 1 aromatic heterocycles. The Morgan fingerprint density at radius 2 is 2.13 bits per heavy atom. The molecule has 120 valence electrons. The smallest absolute Gasteiger partial charge is 0.306 e. The quantitative estimate of drug-likeness (QED) is 0.900. The third-order valence-corrected chi connectivity index (χ3v) is 4.36. The van der Waals surface area contributed by atoms with E-state index in [1.54, 1.807) is 16.8 Å². The molecule has 1 aromatic carbocycles. The zero-order valence-corrected chi connectivity index (χ0v) is 13.2. The first-order chi connectivity index (χ1) is 11.0. The Labute approximate surface area is 138 Å². The lowest BCUT2D eigenvalue weighted by Gasteiger charge is -2.32. The van der Waals surface area contributed by atoms with E-state index < -0.39 is 5.97 Å². The number of hydrogen-bond acceptors (Lipinski definition) is 3. The van der Waals surface area contributed by atoms with E-state index in [4.69, 9.17) is 16.7 Å². The summed E-state index contributed by atoms with van der Waals surface area (Å²) in [5.41, 5.74) is 1.96. The minimum atomic E-state index is -0.805. The van der Waals surface area contributed by atoms with Gasteiger partial charge in [0, 0.05) is 11.1 Å². The summed E-state index contributed by atoms with van der Waals surface area (Å²) < 4.78 is 1.65. The van der Waals surface area contributed by atoms with Gasteiger partial charge in [0.2, 0.25) is 0 Å². The van der Waals surface area contributed by atoms with Gasteiger partial charge in [0.25, 0.3) is 5.91 Å². The molecule has 2 N–H and O–H groups in total. The predicted octanol–water partition coefficient (Wildman–Crippen LogP) is 2.43. The van der Waals surface area contributed by atoms with Gasteiger partial charge in [-0.25, -0.2) is 4.68 Å². The third kappa shape index (κ3) is 3.07. The van der Waals surface area contributed by atoms with Crippen LogP contribution in [0.5, 0.6) is 0 Å². The summed E-state index contributed by atoms with van der Waals surface area (Å²) in [6.45, 7) is 1.81. The molecule has 1 amide bonds. The van der Waals surface area contributed by atoms with E-state index in [1.165, 1.54) is 6.20 Å². The van der Waals surface area contributed by atoms with E-state index in [9.17, 15) is 9.59 Å². The van der Waals surface area contributed by atoms with Crippen molar-refractivity contribution in [1.29, 1.82) is 0 Å². The Kier molecular flexibility index (Phi) is 4.09. The number of rotatable bonds is 4. The van der Waals surface area contributed by atoms with Crippen LogP contribution in [0.4, 0.5) is 0 Å². The highest BCUT2D eigenvalue weighted by atomic mass is 35.5. The van der Waals surface area contributed by atoms with Crippen LogP contribution in [0.1, 0.15) is 28.9 Å². The van der Waals surface area contributed by atoms with Gasteiger partial charge in [0.1, 0.15) is 0 Å². The molecule has 0 spiro atoms. The number of benzene rings is 1. The fourth-order valence-corrected chi connectivity index (χ4v) is 2.89. The van der Waals surface area contributed by atoms with Crippen molar-refractivity contribution in [2.45, 2.75) is 25.8 Å². The lowest BCUT2D eigenvalue weighted by molar-refractivity contribution is -0.145. The maximum Gasteiger partial charge on any atom is 0.306 e. The molecule has 0 unspecified atom stereocenters. The van der Waals surface area contributed by atoms with Crippen molar-refractivity contribution in [3.8, 4) is 5.69 Å². The largest absolute Gasteiger partial charge is 0.481 e. The van der Waals surface area contributed by atoms with Crippen molar-refractivity contribution in [1.82, 2.24) is 15.1 Å². The van der Waals surface area contributed by atoms with Crippen LogP contribution >= 0.6 is 11.6 Å². The Hall–Kier alpha value is -2.34. The van der Waals surface area contributed by atoms with Crippen molar-refractivity contribution in [3.63, 3.8) is 0 Å². The Bertz CT molecular complexity index is 766. The molecule has 7 heteroatoms. The van der Waals surface area contributed by atoms with Gasteiger partial charge in [0.05, 0.1) is 29.1 Å². The first-order valence-corrected chi connectivity index (χ1v) is 7.67. The third-order valence-electron chi connectivity index (χ3n) is 4.13. The van der Waals surface area contributed by atoms with Gasteiger partial charge in [-0.3, -0.25) is 9.59 Å². The average molecular weight is 334 g/mol. The molecule has 1 saturated carbocycles. The van der Waals surface area contributed by atoms with E-state index in [-0.39, 0.29) is 17.9 Å². The molecule has 0 aliphatic heterocycles. The monoisotopic (exact) mass is 333 g/mol. The molecule has 0 atom stereocenters. The number of nitrogens with one attached hydrogen (secondary N) is 1. The number of aromatic nitrogens is 2. The summed E-state index contributed by atoms with van der Waals surface area (Å²) in [4.78, 5) is 23.1. The maximum atomic E-state index is 12.3. The molecule has 0 radical (unpaired) electrons. The number of amides is 1. The summed E-state index contributed by atoms with van der Waals surface area (Å²) in [6, 6.07) is 7.13. The number of nitrogens with zero attached hydrogens (tertiary/aromatic N) is 2. The molecule has 3 rings (SSSR count). The molecule has 6 nitrogen and oxygen atoms in total. The first-order valence-electron chi connectivity index (χ1n) is 7.30. The number of hydrogen-bond donors (Lipinski definition) is 2. The zero-order valence-electron chi connectivity index (χ0n) is 12.5. The van der Waals surface area contributed by atoms with Crippen molar-refractivity contribution < 1.29 is 14.7 Å². The van der Waals surface area contributed by atoms with Crippen LogP contribution in [0.15, 0.2) is 30.5 Å². The van der Waals surface area contributed by atoms with Crippen LogP contribution in [0, 0.1) is 12.8 Å².